The van der Waals surface area contributed by atoms with Crippen molar-refractivity contribution in [2.24, 2.45) is 10.9 Å². The molecule has 1 aromatic carbocycles. The highest BCUT2D eigenvalue weighted by atomic mass is 16.5. The van der Waals surface area contributed by atoms with Gasteiger partial charge in [-0.05, 0) is 49.7 Å². The molecule has 2 unspecified atom stereocenters. The minimum absolute atomic E-state index is 0.331. The van der Waals surface area contributed by atoms with E-state index in [1.165, 1.54) is 36.8 Å². The van der Waals surface area contributed by atoms with Gasteiger partial charge in [-0.1, -0.05) is 44.0 Å². The SMILES string of the molecule is CCNC(=NCc1cccc(COC2CCOCC2)c1)NC1CCCC(C)C1. The van der Waals surface area contributed by atoms with Crippen molar-refractivity contribution in [2.75, 3.05) is 19.8 Å². The van der Waals surface area contributed by atoms with Crippen LogP contribution >= 0.6 is 0 Å². The summed E-state index contributed by atoms with van der Waals surface area (Å²) < 4.78 is 11.5. The molecule has 0 radical (unpaired) electrons. The maximum absolute atomic E-state index is 6.06. The molecule has 2 fully saturated rings. The second-order valence-electron chi connectivity index (χ2n) is 8.25. The summed E-state index contributed by atoms with van der Waals surface area (Å²) in [5, 5.41) is 7.04. The number of nitrogens with zero attached hydrogens (tertiary/aromatic N) is 1. The normalized spacial score (nSPS) is 24.1. The molecule has 28 heavy (non-hydrogen) atoms. The summed E-state index contributed by atoms with van der Waals surface area (Å²) in [6, 6.07) is 9.15. The maximum Gasteiger partial charge on any atom is 0.191 e. The highest BCUT2D eigenvalue weighted by Crippen LogP contribution is 2.23. The van der Waals surface area contributed by atoms with Crippen molar-refractivity contribution in [3.63, 3.8) is 0 Å². The van der Waals surface area contributed by atoms with Gasteiger partial charge in [0.25, 0.3) is 0 Å². The van der Waals surface area contributed by atoms with Crippen LogP contribution in [-0.4, -0.2) is 37.9 Å². The van der Waals surface area contributed by atoms with Gasteiger partial charge in [0.2, 0.25) is 0 Å². The molecule has 156 valence electrons. The van der Waals surface area contributed by atoms with Crippen molar-refractivity contribution in [1.29, 1.82) is 0 Å². The van der Waals surface area contributed by atoms with Crippen LogP contribution in [0.4, 0.5) is 0 Å². The predicted octanol–water partition coefficient (Wildman–Crippen LogP) is 4.02. The van der Waals surface area contributed by atoms with E-state index >= 15 is 0 Å². The van der Waals surface area contributed by atoms with E-state index in [1.807, 2.05) is 0 Å². The molecule has 2 atom stereocenters. The van der Waals surface area contributed by atoms with E-state index in [9.17, 15) is 0 Å². The van der Waals surface area contributed by atoms with Crippen molar-refractivity contribution in [1.82, 2.24) is 10.6 Å². The summed E-state index contributed by atoms with van der Waals surface area (Å²) in [5.41, 5.74) is 2.44. The Balaban J connectivity index is 1.52. The third-order valence-corrected chi connectivity index (χ3v) is 5.69. The first-order valence-corrected chi connectivity index (χ1v) is 11.0. The second-order valence-corrected chi connectivity index (χ2v) is 8.25. The van der Waals surface area contributed by atoms with Crippen LogP contribution in [0.25, 0.3) is 0 Å². The van der Waals surface area contributed by atoms with Gasteiger partial charge in [-0.15, -0.1) is 0 Å². The maximum atomic E-state index is 6.06. The molecule has 1 saturated heterocycles. The van der Waals surface area contributed by atoms with Gasteiger partial charge in [0.1, 0.15) is 0 Å². The molecular weight excluding hydrogens is 350 g/mol. The molecule has 2 N–H and O–H groups in total. The number of hydrogen-bond acceptors (Lipinski definition) is 3. The summed E-state index contributed by atoms with van der Waals surface area (Å²) in [6.45, 7) is 8.34. The Kier molecular flexibility index (Phi) is 8.62. The van der Waals surface area contributed by atoms with Crippen LogP contribution in [0.1, 0.15) is 63.5 Å². The summed E-state index contributed by atoms with van der Waals surface area (Å²) in [5.74, 6) is 1.74. The monoisotopic (exact) mass is 387 g/mol. The number of hydrogen-bond donors (Lipinski definition) is 2. The fourth-order valence-electron chi connectivity index (χ4n) is 4.12. The Hall–Kier alpha value is -1.59. The van der Waals surface area contributed by atoms with E-state index in [0.29, 0.717) is 25.3 Å². The quantitative estimate of drug-likeness (QED) is 0.548. The molecule has 5 heteroatoms. The Labute approximate surface area is 170 Å². The topological polar surface area (TPSA) is 54.9 Å². The van der Waals surface area contributed by atoms with E-state index in [1.54, 1.807) is 0 Å². The molecule has 1 aromatic rings. The van der Waals surface area contributed by atoms with Gasteiger partial charge in [-0.25, -0.2) is 4.99 Å². The second kappa shape index (κ2) is 11.4. The lowest BCUT2D eigenvalue weighted by Gasteiger charge is -2.28. The average molecular weight is 388 g/mol. The summed E-state index contributed by atoms with van der Waals surface area (Å²) in [4.78, 5) is 4.83. The first-order chi connectivity index (χ1) is 13.7. The molecule has 2 aliphatic rings. The highest BCUT2D eigenvalue weighted by molar-refractivity contribution is 5.80. The van der Waals surface area contributed by atoms with E-state index < -0.39 is 0 Å². The van der Waals surface area contributed by atoms with Crippen molar-refractivity contribution in [3.8, 4) is 0 Å². The lowest BCUT2D eigenvalue weighted by molar-refractivity contribution is -0.0390. The third kappa shape index (κ3) is 7.10. The molecule has 1 saturated carbocycles. The number of aliphatic imine (C=N–C) groups is 1. The molecule has 3 rings (SSSR count). The number of nitrogens with one attached hydrogen (secondary N) is 2. The molecule has 0 bridgehead atoms. The molecule has 0 spiro atoms. The van der Waals surface area contributed by atoms with Crippen molar-refractivity contribution < 1.29 is 9.47 Å². The zero-order valence-electron chi connectivity index (χ0n) is 17.6. The minimum Gasteiger partial charge on any atom is -0.381 e. The third-order valence-electron chi connectivity index (χ3n) is 5.69. The first kappa shape index (κ1) is 21.1. The molecule has 0 aromatic heterocycles. The van der Waals surface area contributed by atoms with E-state index in [-0.39, 0.29) is 0 Å². The van der Waals surface area contributed by atoms with Gasteiger partial charge >= 0.3 is 0 Å². The molecular formula is C23H37N3O2. The van der Waals surface area contributed by atoms with E-state index in [0.717, 1.165) is 44.5 Å². The standard InChI is InChI=1S/C23H37N3O2/c1-3-24-23(26-21-9-4-6-18(2)14-21)25-16-19-7-5-8-20(15-19)17-28-22-10-12-27-13-11-22/h5,7-8,15,18,21-22H,3-4,6,9-14,16-17H2,1-2H3,(H2,24,25,26). The summed E-state index contributed by atoms with van der Waals surface area (Å²) >= 11 is 0. The molecule has 1 aliphatic carbocycles. The van der Waals surface area contributed by atoms with E-state index in [2.05, 4.69) is 48.7 Å². The molecule has 1 heterocycles. The number of guanidine groups is 1. The lowest BCUT2D eigenvalue weighted by Crippen LogP contribution is -2.45. The van der Waals surface area contributed by atoms with Crippen LogP contribution in [-0.2, 0) is 22.6 Å². The highest BCUT2D eigenvalue weighted by Gasteiger charge is 2.19. The largest absolute Gasteiger partial charge is 0.381 e. The minimum atomic E-state index is 0.331. The van der Waals surface area contributed by atoms with Crippen LogP contribution in [0.15, 0.2) is 29.3 Å². The zero-order valence-corrected chi connectivity index (χ0v) is 17.6. The molecule has 0 amide bonds. The van der Waals surface area contributed by atoms with Crippen molar-refractivity contribution >= 4 is 5.96 Å². The average Bonchev–Trinajstić information content (AvgIpc) is 2.72. The number of rotatable bonds is 7. The first-order valence-electron chi connectivity index (χ1n) is 11.0. The zero-order chi connectivity index (χ0) is 19.6. The van der Waals surface area contributed by atoms with Crippen molar-refractivity contribution in [3.05, 3.63) is 35.4 Å². The predicted molar refractivity (Wildman–Crippen MR) is 114 cm³/mol. The van der Waals surface area contributed by atoms with Crippen LogP contribution in [0.2, 0.25) is 0 Å². The Bertz CT molecular complexity index is 614. The number of ether oxygens (including phenoxy) is 2. The smallest absolute Gasteiger partial charge is 0.191 e. The van der Waals surface area contributed by atoms with Crippen LogP contribution in [0.5, 0.6) is 0 Å². The van der Waals surface area contributed by atoms with Gasteiger partial charge in [0.15, 0.2) is 5.96 Å². The molecule has 1 aliphatic heterocycles. The Morgan fingerprint density at radius 3 is 2.79 bits per heavy atom. The van der Waals surface area contributed by atoms with Gasteiger partial charge in [0, 0.05) is 25.8 Å². The summed E-state index contributed by atoms with van der Waals surface area (Å²) in [7, 11) is 0. The van der Waals surface area contributed by atoms with Crippen LogP contribution in [0, 0.1) is 5.92 Å². The van der Waals surface area contributed by atoms with Crippen LogP contribution < -0.4 is 10.6 Å². The fraction of sp³-hybridized carbons (Fsp3) is 0.696. The van der Waals surface area contributed by atoms with Gasteiger partial charge in [-0.2, -0.15) is 0 Å². The van der Waals surface area contributed by atoms with Gasteiger partial charge in [0.05, 0.1) is 19.3 Å². The lowest BCUT2D eigenvalue weighted by atomic mass is 9.87. The van der Waals surface area contributed by atoms with Gasteiger partial charge in [-0.3, -0.25) is 0 Å². The number of benzene rings is 1. The molecule has 5 nitrogen and oxygen atoms in total. The fourth-order valence-corrected chi connectivity index (χ4v) is 4.12. The summed E-state index contributed by atoms with van der Waals surface area (Å²) in [6.07, 6.45) is 7.49. The van der Waals surface area contributed by atoms with Crippen molar-refractivity contribution in [2.45, 2.75) is 77.7 Å². The Morgan fingerprint density at radius 2 is 2.00 bits per heavy atom. The Morgan fingerprint density at radius 1 is 1.18 bits per heavy atom. The van der Waals surface area contributed by atoms with Gasteiger partial charge < -0.3 is 20.1 Å². The van der Waals surface area contributed by atoms with E-state index in [4.69, 9.17) is 14.5 Å². The van der Waals surface area contributed by atoms with Crippen LogP contribution in [0.3, 0.4) is 0 Å².